The van der Waals surface area contributed by atoms with Crippen molar-refractivity contribution in [1.29, 1.82) is 15.8 Å². The molecule has 0 saturated heterocycles. The number of hydrogen-bond donors (Lipinski definition) is 1. The lowest BCUT2D eigenvalue weighted by molar-refractivity contribution is 0.619. The molecule has 0 unspecified atom stereocenters. The van der Waals surface area contributed by atoms with E-state index in [0.29, 0.717) is 17.2 Å². The van der Waals surface area contributed by atoms with Gasteiger partial charge in [-0.15, -0.1) is 0 Å². The molecule has 0 saturated carbocycles. The molecule has 3 rings (SSSR count). The molecule has 1 aromatic heterocycles. The summed E-state index contributed by atoms with van der Waals surface area (Å²) >= 11 is 0. The van der Waals surface area contributed by atoms with Crippen LogP contribution in [-0.4, -0.2) is 4.98 Å². The maximum absolute atomic E-state index is 9.22. The Labute approximate surface area is 150 Å². The summed E-state index contributed by atoms with van der Waals surface area (Å²) in [6.45, 7) is 3.84. The SMILES string of the molecule is Cc1ccc2nc(-c3ccc(C)c(NC(C#N)=C(C#N)C#N)c3)oc2c1. The van der Waals surface area contributed by atoms with Gasteiger partial charge in [-0.25, -0.2) is 4.98 Å². The number of benzene rings is 2. The number of nitrogens with one attached hydrogen (secondary N) is 1. The minimum atomic E-state index is -0.269. The van der Waals surface area contributed by atoms with Gasteiger partial charge in [0.05, 0.1) is 0 Å². The van der Waals surface area contributed by atoms with Crippen LogP contribution in [0.5, 0.6) is 0 Å². The van der Waals surface area contributed by atoms with Crippen molar-refractivity contribution in [1.82, 2.24) is 4.98 Å². The van der Waals surface area contributed by atoms with Crippen molar-refractivity contribution in [3.63, 3.8) is 0 Å². The van der Waals surface area contributed by atoms with E-state index in [1.807, 2.05) is 50.2 Å². The fourth-order valence-corrected chi connectivity index (χ4v) is 2.46. The third-order valence-corrected chi connectivity index (χ3v) is 3.87. The second-order valence-corrected chi connectivity index (χ2v) is 5.73. The fourth-order valence-electron chi connectivity index (χ4n) is 2.46. The Hall–Kier alpha value is -4.08. The van der Waals surface area contributed by atoms with E-state index in [1.54, 1.807) is 18.2 Å². The summed E-state index contributed by atoms with van der Waals surface area (Å²) in [6, 6.07) is 16.6. The molecule has 0 aliphatic heterocycles. The summed E-state index contributed by atoms with van der Waals surface area (Å²) in [4.78, 5) is 4.49. The van der Waals surface area contributed by atoms with Crippen LogP contribution in [0.15, 0.2) is 52.1 Å². The quantitative estimate of drug-likeness (QED) is 0.710. The van der Waals surface area contributed by atoms with Crippen molar-refractivity contribution >= 4 is 16.8 Å². The molecule has 0 amide bonds. The Balaban J connectivity index is 2.05. The lowest BCUT2D eigenvalue weighted by Crippen LogP contribution is -2.02. The van der Waals surface area contributed by atoms with E-state index < -0.39 is 0 Å². The number of nitriles is 3. The number of aromatic nitrogens is 1. The number of fused-ring (bicyclic) bond motifs is 1. The maximum Gasteiger partial charge on any atom is 0.227 e. The third kappa shape index (κ3) is 3.11. The molecule has 0 fully saturated rings. The summed E-state index contributed by atoms with van der Waals surface area (Å²) in [5, 5.41) is 30.0. The Morgan fingerprint density at radius 2 is 1.77 bits per heavy atom. The highest BCUT2D eigenvalue weighted by molar-refractivity contribution is 5.78. The van der Waals surface area contributed by atoms with Crippen molar-refractivity contribution in [3.8, 4) is 29.7 Å². The van der Waals surface area contributed by atoms with E-state index in [-0.39, 0.29) is 11.3 Å². The molecule has 2 aromatic carbocycles. The third-order valence-electron chi connectivity index (χ3n) is 3.87. The molecule has 0 atom stereocenters. The van der Waals surface area contributed by atoms with Crippen LogP contribution in [0, 0.1) is 47.8 Å². The standard InChI is InChI=1S/C20H13N5O/c1-12-3-6-16-19(7-12)26-20(25-16)14-5-4-13(2)17(8-14)24-18(11-23)15(9-21)10-22/h3-8,24H,1-2H3. The van der Waals surface area contributed by atoms with Gasteiger partial charge in [0.2, 0.25) is 5.89 Å². The van der Waals surface area contributed by atoms with Crippen molar-refractivity contribution in [2.75, 3.05) is 5.32 Å². The zero-order chi connectivity index (χ0) is 18.7. The average molecular weight is 339 g/mol. The molecule has 124 valence electrons. The van der Waals surface area contributed by atoms with Gasteiger partial charge in [0.1, 0.15) is 29.4 Å². The molecule has 0 aliphatic rings. The predicted molar refractivity (Wildman–Crippen MR) is 96.4 cm³/mol. The van der Waals surface area contributed by atoms with Gasteiger partial charge in [-0.2, -0.15) is 15.8 Å². The van der Waals surface area contributed by atoms with Crippen LogP contribution < -0.4 is 5.32 Å². The summed E-state index contributed by atoms with van der Waals surface area (Å²) in [5.41, 5.74) is 4.34. The number of oxazole rings is 1. The van der Waals surface area contributed by atoms with Gasteiger partial charge in [0.15, 0.2) is 11.2 Å². The van der Waals surface area contributed by atoms with Crippen LogP contribution in [-0.2, 0) is 0 Å². The highest BCUT2D eigenvalue weighted by Crippen LogP contribution is 2.29. The Morgan fingerprint density at radius 1 is 1.00 bits per heavy atom. The molecule has 0 bridgehead atoms. The molecule has 6 heteroatoms. The number of nitrogens with zero attached hydrogens (tertiary/aromatic N) is 4. The zero-order valence-corrected chi connectivity index (χ0v) is 14.2. The van der Waals surface area contributed by atoms with E-state index in [9.17, 15) is 5.26 Å². The van der Waals surface area contributed by atoms with Crippen molar-refractivity contribution in [2.24, 2.45) is 0 Å². The highest BCUT2D eigenvalue weighted by atomic mass is 16.3. The Bertz CT molecular complexity index is 1150. The van der Waals surface area contributed by atoms with Gasteiger partial charge in [0, 0.05) is 11.3 Å². The lowest BCUT2D eigenvalue weighted by atomic mass is 10.1. The number of anilines is 1. The van der Waals surface area contributed by atoms with E-state index in [4.69, 9.17) is 14.9 Å². The van der Waals surface area contributed by atoms with Crippen molar-refractivity contribution < 1.29 is 4.42 Å². The van der Waals surface area contributed by atoms with E-state index in [2.05, 4.69) is 10.3 Å². The number of allylic oxidation sites excluding steroid dienone is 2. The van der Waals surface area contributed by atoms with Crippen molar-refractivity contribution in [2.45, 2.75) is 13.8 Å². The van der Waals surface area contributed by atoms with Gasteiger partial charge in [-0.1, -0.05) is 12.1 Å². The molecule has 3 aromatic rings. The summed E-state index contributed by atoms with van der Waals surface area (Å²) < 4.78 is 5.83. The first-order valence-electron chi connectivity index (χ1n) is 7.75. The largest absolute Gasteiger partial charge is 0.436 e. The van der Waals surface area contributed by atoms with Crippen LogP contribution in [0.4, 0.5) is 5.69 Å². The normalized spacial score (nSPS) is 9.81. The first-order chi connectivity index (χ1) is 12.5. The van der Waals surface area contributed by atoms with E-state index in [1.165, 1.54) is 0 Å². The molecule has 1 heterocycles. The molecule has 0 spiro atoms. The van der Waals surface area contributed by atoms with Crippen LogP contribution in [0.1, 0.15) is 11.1 Å². The fraction of sp³-hybridized carbons (Fsp3) is 0.100. The molecule has 0 radical (unpaired) electrons. The summed E-state index contributed by atoms with van der Waals surface area (Å²) in [5.74, 6) is 0.455. The summed E-state index contributed by atoms with van der Waals surface area (Å²) in [7, 11) is 0. The molecular formula is C20H13N5O. The van der Waals surface area contributed by atoms with Gasteiger partial charge in [-0.05, 0) is 49.2 Å². The van der Waals surface area contributed by atoms with Gasteiger partial charge in [-0.3, -0.25) is 0 Å². The average Bonchev–Trinajstić information content (AvgIpc) is 3.06. The minimum absolute atomic E-state index is 0.0940. The molecular weight excluding hydrogens is 326 g/mol. The molecule has 26 heavy (non-hydrogen) atoms. The molecule has 6 nitrogen and oxygen atoms in total. The Kier molecular flexibility index (Phi) is 4.39. The second-order valence-electron chi connectivity index (χ2n) is 5.73. The van der Waals surface area contributed by atoms with Crippen LogP contribution in [0.25, 0.3) is 22.6 Å². The van der Waals surface area contributed by atoms with E-state index in [0.717, 1.165) is 22.2 Å². The maximum atomic E-state index is 9.22. The molecule has 0 aliphatic carbocycles. The summed E-state index contributed by atoms with van der Waals surface area (Å²) in [6.07, 6.45) is 0. The number of aryl methyl sites for hydroxylation is 2. The van der Waals surface area contributed by atoms with Crippen LogP contribution in [0.2, 0.25) is 0 Å². The zero-order valence-electron chi connectivity index (χ0n) is 14.2. The van der Waals surface area contributed by atoms with Crippen molar-refractivity contribution in [3.05, 3.63) is 58.8 Å². The second kappa shape index (κ2) is 6.81. The number of hydrogen-bond acceptors (Lipinski definition) is 6. The van der Waals surface area contributed by atoms with Crippen LogP contribution in [0.3, 0.4) is 0 Å². The highest BCUT2D eigenvalue weighted by Gasteiger charge is 2.12. The van der Waals surface area contributed by atoms with Gasteiger partial charge >= 0.3 is 0 Å². The molecule has 1 N–H and O–H groups in total. The Morgan fingerprint density at radius 3 is 2.46 bits per heavy atom. The monoisotopic (exact) mass is 339 g/mol. The van der Waals surface area contributed by atoms with E-state index >= 15 is 0 Å². The van der Waals surface area contributed by atoms with Gasteiger partial charge < -0.3 is 9.73 Å². The lowest BCUT2D eigenvalue weighted by Gasteiger charge is -2.09. The number of rotatable bonds is 3. The smallest absolute Gasteiger partial charge is 0.227 e. The van der Waals surface area contributed by atoms with Gasteiger partial charge in [0.25, 0.3) is 0 Å². The minimum Gasteiger partial charge on any atom is -0.436 e. The topological polar surface area (TPSA) is 109 Å². The van der Waals surface area contributed by atoms with Crippen LogP contribution >= 0.6 is 0 Å². The first kappa shape index (κ1) is 16.8. The predicted octanol–water partition coefficient (Wildman–Crippen LogP) is 4.35. The first-order valence-corrected chi connectivity index (χ1v) is 7.75.